The zero-order valence-electron chi connectivity index (χ0n) is 8.79. The largest absolute Gasteiger partial charge is 0.502 e. The van der Waals surface area contributed by atoms with Crippen LogP contribution in [0.25, 0.3) is 11.3 Å². The van der Waals surface area contributed by atoms with Crippen molar-refractivity contribution in [2.75, 3.05) is 0 Å². The van der Waals surface area contributed by atoms with Gasteiger partial charge in [0.05, 0.1) is 10.5 Å². The lowest BCUT2D eigenvalue weighted by atomic mass is 10.1. The van der Waals surface area contributed by atoms with Crippen molar-refractivity contribution in [3.05, 3.63) is 55.9 Å². The molecule has 1 aromatic carbocycles. The maximum absolute atomic E-state index is 11.3. The Labute approximate surface area is 105 Å². The summed E-state index contributed by atoms with van der Waals surface area (Å²) in [6, 6.07) is 4.86. The van der Waals surface area contributed by atoms with Crippen molar-refractivity contribution in [1.29, 1.82) is 0 Å². The van der Waals surface area contributed by atoms with Crippen LogP contribution in [0.2, 0.25) is 5.02 Å². The van der Waals surface area contributed by atoms with Gasteiger partial charge in [0.2, 0.25) is 5.43 Å². The molecule has 0 spiro atoms. The Bertz CT molecular complexity index is 679. The molecule has 2 rings (SSSR count). The molecule has 7 heteroatoms. The molecule has 18 heavy (non-hydrogen) atoms. The van der Waals surface area contributed by atoms with Crippen LogP contribution in [-0.2, 0) is 0 Å². The molecule has 0 atom stereocenters. The predicted octanol–water partition coefficient (Wildman–Crippen LogP) is 2.57. The van der Waals surface area contributed by atoms with Crippen LogP contribution in [0, 0.1) is 10.1 Å². The van der Waals surface area contributed by atoms with E-state index < -0.39 is 16.1 Å². The van der Waals surface area contributed by atoms with Gasteiger partial charge in [0, 0.05) is 17.2 Å². The van der Waals surface area contributed by atoms with Crippen molar-refractivity contribution < 1.29 is 14.4 Å². The van der Waals surface area contributed by atoms with E-state index in [0.717, 1.165) is 12.3 Å². The van der Waals surface area contributed by atoms with Gasteiger partial charge >= 0.3 is 0 Å². The third kappa shape index (κ3) is 2.18. The third-order valence-corrected chi connectivity index (χ3v) is 2.47. The van der Waals surface area contributed by atoms with Gasteiger partial charge in [-0.05, 0) is 12.1 Å². The van der Waals surface area contributed by atoms with Gasteiger partial charge in [-0.1, -0.05) is 11.6 Å². The number of aromatic hydroxyl groups is 1. The van der Waals surface area contributed by atoms with Crippen molar-refractivity contribution in [2.45, 2.75) is 0 Å². The van der Waals surface area contributed by atoms with E-state index in [4.69, 9.17) is 21.1 Å². The molecular weight excluding hydrogens is 262 g/mol. The Hall–Kier alpha value is -2.34. The monoisotopic (exact) mass is 267 g/mol. The first-order chi connectivity index (χ1) is 8.49. The van der Waals surface area contributed by atoms with Gasteiger partial charge in [-0.15, -0.1) is 0 Å². The van der Waals surface area contributed by atoms with Crippen LogP contribution in [0.4, 0.5) is 5.69 Å². The number of rotatable bonds is 2. The van der Waals surface area contributed by atoms with Crippen LogP contribution < -0.4 is 5.43 Å². The van der Waals surface area contributed by atoms with Crippen LogP contribution >= 0.6 is 11.6 Å². The van der Waals surface area contributed by atoms with Crippen molar-refractivity contribution in [3.8, 4) is 17.1 Å². The number of benzene rings is 1. The number of hydrogen-bond acceptors (Lipinski definition) is 5. The molecule has 0 amide bonds. The number of nitro groups is 1. The van der Waals surface area contributed by atoms with Gasteiger partial charge in [-0.3, -0.25) is 14.9 Å². The molecule has 0 saturated carbocycles. The van der Waals surface area contributed by atoms with Crippen LogP contribution in [0.5, 0.6) is 5.75 Å². The number of hydrogen-bond donors (Lipinski definition) is 1. The molecule has 1 aromatic heterocycles. The zero-order valence-corrected chi connectivity index (χ0v) is 9.55. The molecule has 0 aliphatic rings. The van der Waals surface area contributed by atoms with Crippen molar-refractivity contribution >= 4 is 17.3 Å². The topological polar surface area (TPSA) is 93.6 Å². The van der Waals surface area contributed by atoms with Crippen LogP contribution in [0.3, 0.4) is 0 Å². The molecule has 0 fully saturated rings. The fourth-order valence-corrected chi connectivity index (χ4v) is 1.58. The van der Waals surface area contributed by atoms with Crippen LogP contribution in [0.15, 0.2) is 39.7 Å². The molecule has 92 valence electrons. The highest BCUT2D eigenvalue weighted by atomic mass is 35.5. The van der Waals surface area contributed by atoms with Gasteiger partial charge in [0.15, 0.2) is 5.75 Å². The average Bonchev–Trinajstić information content (AvgIpc) is 2.32. The third-order valence-electron chi connectivity index (χ3n) is 2.23. The Morgan fingerprint density at radius 2 is 2.06 bits per heavy atom. The normalized spacial score (nSPS) is 10.3. The van der Waals surface area contributed by atoms with Gasteiger partial charge < -0.3 is 9.52 Å². The molecule has 0 aliphatic carbocycles. The Morgan fingerprint density at radius 3 is 2.67 bits per heavy atom. The number of nitro benzene ring substituents is 1. The molecule has 0 unspecified atom stereocenters. The lowest BCUT2D eigenvalue weighted by Crippen LogP contribution is -1.99. The summed E-state index contributed by atoms with van der Waals surface area (Å²) >= 11 is 5.75. The average molecular weight is 268 g/mol. The van der Waals surface area contributed by atoms with E-state index >= 15 is 0 Å². The second-order valence-corrected chi connectivity index (χ2v) is 3.85. The Morgan fingerprint density at radius 1 is 1.33 bits per heavy atom. The van der Waals surface area contributed by atoms with E-state index in [-0.39, 0.29) is 22.0 Å². The molecule has 1 N–H and O–H groups in total. The van der Waals surface area contributed by atoms with Gasteiger partial charge in [0.1, 0.15) is 12.0 Å². The molecule has 0 saturated heterocycles. The predicted molar refractivity (Wildman–Crippen MR) is 63.7 cm³/mol. The van der Waals surface area contributed by atoms with Crippen molar-refractivity contribution in [3.63, 3.8) is 0 Å². The first-order valence-electron chi connectivity index (χ1n) is 4.75. The quantitative estimate of drug-likeness (QED) is 0.666. The molecular formula is C11H6ClNO5. The maximum atomic E-state index is 11.3. The Kier molecular flexibility index (Phi) is 3.03. The van der Waals surface area contributed by atoms with E-state index in [1.807, 2.05) is 0 Å². The van der Waals surface area contributed by atoms with Gasteiger partial charge in [0.25, 0.3) is 5.69 Å². The van der Waals surface area contributed by atoms with E-state index in [1.54, 1.807) is 0 Å². The van der Waals surface area contributed by atoms with E-state index in [0.29, 0.717) is 0 Å². The highest BCUT2D eigenvalue weighted by Crippen LogP contribution is 2.32. The highest BCUT2D eigenvalue weighted by Gasteiger charge is 2.18. The molecule has 0 aliphatic heterocycles. The molecule has 0 bridgehead atoms. The summed E-state index contributed by atoms with van der Waals surface area (Å²) in [7, 11) is 0. The van der Waals surface area contributed by atoms with E-state index in [9.17, 15) is 14.9 Å². The maximum Gasteiger partial charge on any atom is 0.280 e. The van der Waals surface area contributed by atoms with Crippen molar-refractivity contribution in [2.24, 2.45) is 0 Å². The summed E-state index contributed by atoms with van der Waals surface area (Å²) in [5.74, 6) is -0.601. The summed E-state index contributed by atoms with van der Waals surface area (Å²) < 4.78 is 4.96. The summed E-state index contributed by atoms with van der Waals surface area (Å²) in [5, 5.41) is 20.2. The molecule has 0 radical (unpaired) electrons. The first-order valence-corrected chi connectivity index (χ1v) is 5.13. The fraction of sp³-hybridized carbons (Fsp3) is 0. The number of nitrogens with zero attached hydrogens (tertiary/aromatic N) is 1. The standard InChI is InChI=1S/C11H6ClNO5/c12-6-1-2-8(13(16)17)7(3-6)11-4-9(14)10(15)5-18-11/h1-5,15H. The Balaban J connectivity index is 2.69. The molecule has 1 heterocycles. The highest BCUT2D eigenvalue weighted by molar-refractivity contribution is 6.31. The lowest BCUT2D eigenvalue weighted by molar-refractivity contribution is -0.384. The SMILES string of the molecule is O=c1cc(-c2cc(Cl)ccc2[N+](=O)[O-])occ1O. The van der Waals surface area contributed by atoms with E-state index in [1.165, 1.54) is 18.2 Å². The summed E-state index contributed by atoms with van der Waals surface area (Å²) in [4.78, 5) is 21.5. The molecule has 6 nitrogen and oxygen atoms in total. The fourth-order valence-electron chi connectivity index (χ4n) is 1.41. The van der Waals surface area contributed by atoms with E-state index in [2.05, 4.69) is 0 Å². The van der Waals surface area contributed by atoms with Gasteiger partial charge in [-0.2, -0.15) is 0 Å². The summed E-state index contributed by atoms with van der Waals surface area (Å²) in [6.45, 7) is 0. The lowest BCUT2D eigenvalue weighted by Gasteiger charge is -2.02. The minimum Gasteiger partial charge on any atom is -0.502 e. The van der Waals surface area contributed by atoms with Crippen LogP contribution in [-0.4, -0.2) is 10.0 Å². The summed E-state index contributed by atoms with van der Waals surface area (Å²) in [5.41, 5.74) is -0.858. The summed E-state index contributed by atoms with van der Waals surface area (Å²) in [6.07, 6.45) is 0.822. The molecule has 2 aromatic rings. The second kappa shape index (κ2) is 4.50. The van der Waals surface area contributed by atoms with Gasteiger partial charge in [-0.25, -0.2) is 0 Å². The minimum absolute atomic E-state index is 0.0352. The number of halogens is 1. The minimum atomic E-state index is -0.689. The first kappa shape index (κ1) is 12.1. The zero-order chi connectivity index (χ0) is 13.3. The van der Waals surface area contributed by atoms with Crippen LogP contribution in [0.1, 0.15) is 0 Å². The smallest absolute Gasteiger partial charge is 0.280 e. The second-order valence-electron chi connectivity index (χ2n) is 3.41. The van der Waals surface area contributed by atoms with Crippen molar-refractivity contribution in [1.82, 2.24) is 0 Å².